The molecule has 0 unspecified atom stereocenters. The Balaban J connectivity index is 2.35. The summed E-state index contributed by atoms with van der Waals surface area (Å²) < 4.78 is 5.20. The van der Waals surface area contributed by atoms with E-state index in [0.717, 1.165) is 11.1 Å². The van der Waals surface area contributed by atoms with E-state index in [9.17, 15) is 20.0 Å². The van der Waals surface area contributed by atoms with Crippen molar-refractivity contribution in [3.63, 3.8) is 0 Å². The third-order valence-electron chi connectivity index (χ3n) is 2.94. The number of nitrogens with zero attached hydrogens (tertiary/aromatic N) is 2. The van der Waals surface area contributed by atoms with Gasteiger partial charge in [0, 0.05) is 0 Å². The lowest BCUT2D eigenvalue weighted by Crippen LogP contribution is -2.14. The average molecular weight is 303 g/mol. The molecule has 0 aliphatic carbocycles. The molecular formula is C14H13N3O5. The molecule has 0 bridgehead atoms. The Labute approximate surface area is 124 Å². The van der Waals surface area contributed by atoms with Crippen LogP contribution >= 0.6 is 0 Å². The molecule has 0 spiro atoms. The SMILES string of the molecule is COc1cc(C=Cc2nc(O)c([N+](=O)[O-])c(=O)[nH]2)ccc1C. The van der Waals surface area contributed by atoms with Gasteiger partial charge in [0.2, 0.25) is 0 Å². The molecule has 1 heterocycles. The first-order chi connectivity index (χ1) is 10.4. The maximum absolute atomic E-state index is 11.5. The van der Waals surface area contributed by atoms with Gasteiger partial charge in [-0.2, -0.15) is 4.98 Å². The summed E-state index contributed by atoms with van der Waals surface area (Å²) in [6.45, 7) is 1.90. The van der Waals surface area contributed by atoms with Crippen LogP contribution in [0.3, 0.4) is 0 Å². The highest BCUT2D eigenvalue weighted by atomic mass is 16.6. The monoisotopic (exact) mass is 303 g/mol. The summed E-state index contributed by atoms with van der Waals surface area (Å²) in [5, 5.41) is 20.0. The van der Waals surface area contributed by atoms with Gasteiger partial charge in [-0.1, -0.05) is 18.2 Å². The van der Waals surface area contributed by atoms with Gasteiger partial charge >= 0.3 is 11.2 Å². The molecule has 2 N–H and O–H groups in total. The number of aromatic hydroxyl groups is 1. The lowest BCUT2D eigenvalue weighted by Gasteiger charge is -2.04. The van der Waals surface area contributed by atoms with Gasteiger partial charge in [-0.05, 0) is 30.2 Å². The van der Waals surface area contributed by atoms with E-state index in [0.29, 0.717) is 5.75 Å². The average Bonchev–Trinajstić information content (AvgIpc) is 2.45. The summed E-state index contributed by atoms with van der Waals surface area (Å²) in [5.74, 6) is -0.210. The van der Waals surface area contributed by atoms with E-state index in [2.05, 4.69) is 9.97 Å². The van der Waals surface area contributed by atoms with Crippen molar-refractivity contribution in [3.05, 3.63) is 55.6 Å². The molecule has 0 aliphatic heterocycles. The second kappa shape index (κ2) is 6.08. The zero-order valence-electron chi connectivity index (χ0n) is 11.9. The predicted octanol–water partition coefficient (Wildman–Crippen LogP) is 1.87. The fraction of sp³-hybridized carbons (Fsp3) is 0.143. The van der Waals surface area contributed by atoms with Crippen molar-refractivity contribution in [2.75, 3.05) is 7.11 Å². The molecule has 8 nitrogen and oxygen atoms in total. The Bertz CT molecular complexity index is 811. The van der Waals surface area contributed by atoms with E-state index < -0.39 is 22.0 Å². The summed E-state index contributed by atoms with van der Waals surface area (Å²) in [5.41, 5.74) is -0.241. The third kappa shape index (κ3) is 3.11. The third-order valence-corrected chi connectivity index (χ3v) is 2.94. The lowest BCUT2D eigenvalue weighted by atomic mass is 10.1. The molecule has 0 saturated heterocycles. The number of methoxy groups -OCH3 is 1. The number of benzene rings is 1. The number of hydrogen-bond acceptors (Lipinski definition) is 6. The standard InChI is InChI=1S/C14H13N3O5/c1-8-3-4-9(7-10(8)22-2)5-6-11-15-13(18)12(17(20)21)14(19)16-11/h3-7H,1-2H3,(H2,15,16,18,19). The molecule has 0 aliphatic rings. The van der Waals surface area contributed by atoms with Crippen molar-refractivity contribution in [2.45, 2.75) is 6.92 Å². The number of hydrogen-bond donors (Lipinski definition) is 2. The summed E-state index contributed by atoms with van der Waals surface area (Å²) >= 11 is 0. The number of H-pyrrole nitrogens is 1. The van der Waals surface area contributed by atoms with Gasteiger partial charge in [-0.3, -0.25) is 14.9 Å². The molecule has 2 rings (SSSR count). The van der Waals surface area contributed by atoms with Gasteiger partial charge < -0.3 is 14.8 Å². The molecule has 114 valence electrons. The fourth-order valence-corrected chi connectivity index (χ4v) is 1.83. The topological polar surface area (TPSA) is 118 Å². The Morgan fingerprint density at radius 1 is 1.41 bits per heavy atom. The van der Waals surface area contributed by atoms with Crippen molar-refractivity contribution in [1.82, 2.24) is 9.97 Å². The van der Waals surface area contributed by atoms with Crippen LogP contribution in [0.2, 0.25) is 0 Å². The summed E-state index contributed by atoms with van der Waals surface area (Å²) in [6, 6.07) is 5.48. The number of aryl methyl sites for hydroxylation is 1. The van der Waals surface area contributed by atoms with Gasteiger partial charge in [-0.15, -0.1) is 0 Å². The number of nitrogens with one attached hydrogen (secondary N) is 1. The van der Waals surface area contributed by atoms with Crippen LogP contribution in [0.25, 0.3) is 12.2 Å². The van der Waals surface area contributed by atoms with Crippen molar-refractivity contribution in [2.24, 2.45) is 0 Å². The van der Waals surface area contributed by atoms with Crippen LogP contribution in [-0.2, 0) is 0 Å². The van der Waals surface area contributed by atoms with Crippen LogP contribution in [0.5, 0.6) is 11.6 Å². The van der Waals surface area contributed by atoms with Gasteiger partial charge in [-0.25, -0.2) is 0 Å². The van der Waals surface area contributed by atoms with Crippen LogP contribution < -0.4 is 10.3 Å². The summed E-state index contributed by atoms with van der Waals surface area (Å²) in [6.07, 6.45) is 3.06. The highest BCUT2D eigenvalue weighted by Gasteiger charge is 2.21. The minimum absolute atomic E-state index is 0.00708. The van der Waals surface area contributed by atoms with E-state index in [4.69, 9.17) is 4.74 Å². The number of ether oxygens (including phenoxy) is 1. The van der Waals surface area contributed by atoms with Crippen LogP contribution in [-0.4, -0.2) is 27.1 Å². The highest BCUT2D eigenvalue weighted by Crippen LogP contribution is 2.21. The number of aromatic nitrogens is 2. The Hall–Kier alpha value is -3.16. The molecule has 8 heteroatoms. The number of aromatic amines is 1. The normalized spacial score (nSPS) is 10.8. The molecule has 0 saturated carbocycles. The van der Waals surface area contributed by atoms with Gasteiger partial charge in [0.25, 0.3) is 5.88 Å². The Kier molecular flexibility index (Phi) is 4.21. The van der Waals surface area contributed by atoms with Crippen molar-refractivity contribution in [1.29, 1.82) is 0 Å². The second-order valence-electron chi connectivity index (χ2n) is 4.44. The van der Waals surface area contributed by atoms with E-state index in [1.165, 1.54) is 6.08 Å². The highest BCUT2D eigenvalue weighted by molar-refractivity contribution is 5.68. The maximum Gasteiger partial charge on any atom is 0.395 e. The smallest absolute Gasteiger partial charge is 0.395 e. The van der Waals surface area contributed by atoms with Crippen LogP contribution in [0.15, 0.2) is 23.0 Å². The molecule has 0 atom stereocenters. The quantitative estimate of drug-likeness (QED) is 0.657. The lowest BCUT2D eigenvalue weighted by molar-refractivity contribution is -0.387. The van der Waals surface area contributed by atoms with E-state index >= 15 is 0 Å². The van der Waals surface area contributed by atoms with Crippen LogP contribution in [0, 0.1) is 17.0 Å². The molecule has 22 heavy (non-hydrogen) atoms. The molecule has 0 amide bonds. The molecule has 1 aromatic carbocycles. The summed E-state index contributed by atoms with van der Waals surface area (Å²) in [4.78, 5) is 26.9. The Morgan fingerprint density at radius 3 is 2.73 bits per heavy atom. The fourth-order valence-electron chi connectivity index (χ4n) is 1.83. The first kappa shape index (κ1) is 15.2. The first-order valence-electron chi connectivity index (χ1n) is 6.22. The molecular weight excluding hydrogens is 290 g/mol. The predicted molar refractivity (Wildman–Crippen MR) is 79.8 cm³/mol. The maximum atomic E-state index is 11.5. The van der Waals surface area contributed by atoms with Crippen LogP contribution in [0.4, 0.5) is 5.69 Å². The molecule has 2 aromatic rings. The first-order valence-corrected chi connectivity index (χ1v) is 6.22. The largest absolute Gasteiger partial charge is 0.496 e. The van der Waals surface area contributed by atoms with Crippen LogP contribution in [0.1, 0.15) is 17.0 Å². The van der Waals surface area contributed by atoms with Gasteiger partial charge in [0.15, 0.2) is 0 Å². The van der Waals surface area contributed by atoms with Gasteiger partial charge in [0.1, 0.15) is 11.6 Å². The van der Waals surface area contributed by atoms with Crippen molar-refractivity contribution in [3.8, 4) is 11.6 Å². The minimum Gasteiger partial charge on any atom is -0.496 e. The van der Waals surface area contributed by atoms with Gasteiger partial charge in [0.05, 0.1) is 12.0 Å². The molecule has 0 radical (unpaired) electrons. The summed E-state index contributed by atoms with van der Waals surface area (Å²) in [7, 11) is 1.56. The number of nitro groups is 1. The van der Waals surface area contributed by atoms with E-state index in [1.807, 2.05) is 19.1 Å². The van der Waals surface area contributed by atoms with Crippen molar-refractivity contribution >= 4 is 17.8 Å². The van der Waals surface area contributed by atoms with E-state index in [1.54, 1.807) is 19.3 Å². The van der Waals surface area contributed by atoms with E-state index in [-0.39, 0.29) is 5.82 Å². The second-order valence-corrected chi connectivity index (χ2v) is 4.44. The molecule has 0 fully saturated rings. The zero-order chi connectivity index (χ0) is 16.3. The zero-order valence-corrected chi connectivity index (χ0v) is 11.9. The molecule has 1 aromatic heterocycles. The number of rotatable bonds is 4. The Morgan fingerprint density at radius 2 is 2.14 bits per heavy atom. The van der Waals surface area contributed by atoms with Crippen molar-refractivity contribution < 1.29 is 14.8 Å². The minimum atomic E-state index is -1.02.